The van der Waals surface area contributed by atoms with E-state index in [4.69, 9.17) is 0 Å². The Hall–Kier alpha value is -0.0800. The second-order valence-electron chi connectivity index (χ2n) is 5.80. The zero-order valence-electron chi connectivity index (χ0n) is 12.0. The van der Waals surface area contributed by atoms with Crippen LogP contribution >= 0.6 is 0 Å². The lowest BCUT2D eigenvalue weighted by atomic mass is 9.84. The molecule has 0 unspecified atom stereocenters. The molecular weight excluding hydrogens is 210 g/mol. The predicted molar refractivity (Wildman–Crippen MR) is 74.2 cm³/mol. The molecular formula is C15H31NO. The van der Waals surface area contributed by atoms with Crippen LogP contribution in [0.25, 0.3) is 0 Å². The van der Waals surface area contributed by atoms with Gasteiger partial charge in [0.2, 0.25) is 0 Å². The second-order valence-corrected chi connectivity index (χ2v) is 5.80. The number of nitrogens with zero attached hydrogens (tertiary/aromatic N) is 1. The molecule has 17 heavy (non-hydrogen) atoms. The molecule has 1 rings (SSSR count). The van der Waals surface area contributed by atoms with E-state index in [9.17, 15) is 5.11 Å². The second kappa shape index (κ2) is 7.38. The van der Waals surface area contributed by atoms with Crippen LogP contribution in [-0.2, 0) is 0 Å². The van der Waals surface area contributed by atoms with Crippen molar-refractivity contribution in [2.45, 2.75) is 71.3 Å². The number of rotatable bonds is 7. The minimum atomic E-state index is -0.389. The first-order chi connectivity index (χ1) is 8.13. The smallest absolute Gasteiger partial charge is 0.0774 e. The molecule has 1 N–H and O–H groups in total. The van der Waals surface area contributed by atoms with Gasteiger partial charge in [0.05, 0.1) is 5.60 Å². The predicted octanol–water partition coefficient (Wildman–Crippen LogP) is 3.44. The molecule has 102 valence electrons. The Morgan fingerprint density at radius 3 is 2.12 bits per heavy atom. The van der Waals surface area contributed by atoms with Crippen molar-refractivity contribution in [1.29, 1.82) is 0 Å². The average molecular weight is 241 g/mol. The van der Waals surface area contributed by atoms with Crippen molar-refractivity contribution in [3.8, 4) is 0 Å². The first-order valence-corrected chi connectivity index (χ1v) is 7.58. The van der Waals surface area contributed by atoms with Crippen molar-refractivity contribution in [1.82, 2.24) is 4.90 Å². The topological polar surface area (TPSA) is 23.5 Å². The highest BCUT2D eigenvalue weighted by molar-refractivity contribution is 4.85. The van der Waals surface area contributed by atoms with Crippen LogP contribution in [0.5, 0.6) is 0 Å². The molecule has 1 saturated carbocycles. The molecule has 0 aliphatic heterocycles. The van der Waals surface area contributed by atoms with Crippen LogP contribution in [-0.4, -0.2) is 35.2 Å². The van der Waals surface area contributed by atoms with Crippen LogP contribution in [0.2, 0.25) is 0 Å². The van der Waals surface area contributed by atoms with Crippen molar-refractivity contribution in [3.05, 3.63) is 0 Å². The highest BCUT2D eigenvalue weighted by atomic mass is 16.3. The Bertz CT molecular complexity index is 195. The van der Waals surface area contributed by atoms with E-state index < -0.39 is 0 Å². The maximum atomic E-state index is 10.6. The summed E-state index contributed by atoms with van der Waals surface area (Å²) in [5.41, 5.74) is -0.389. The quantitative estimate of drug-likeness (QED) is 0.738. The van der Waals surface area contributed by atoms with Gasteiger partial charge in [-0.15, -0.1) is 0 Å². The van der Waals surface area contributed by atoms with Gasteiger partial charge in [-0.05, 0) is 25.3 Å². The molecule has 0 heterocycles. The maximum Gasteiger partial charge on any atom is 0.0774 e. The molecule has 1 aliphatic carbocycles. The summed E-state index contributed by atoms with van der Waals surface area (Å²) in [6.07, 6.45) is 8.24. The highest BCUT2D eigenvalue weighted by Crippen LogP contribution is 2.29. The first kappa shape index (κ1) is 15.0. The van der Waals surface area contributed by atoms with Crippen LogP contribution in [0.15, 0.2) is 0 Å². The van der Waals surface area contributed by atoms with Crippen LogP contribution in [0.3, 0.4) is 0 Å². The summed E-state index contributed by atoms with van der Waals surface area (Å²) >= 11 is 0. The standard InChI is InChI=1S/C15H31NO/c1-4-14(5-2)12-16(6-3)13-15(17)10-8-7-9-11-15/h14,17H,4-13H2,1-3H3. The van der Waals surface area contributed by atoms with Crippen LogP contribution in [0.1, 0.15) is 65.7 Å². The molecule has 1 aliphatic rings. The van der Waals surface area contributed by atoms with E-state index in [0.29, 0.717) is 0 Å². The summed E-state index contributed by atoms with van der Waals surface area (Å²) in [7, 11) is 0. The Morgan fingerprint density at radius 1 is 1.06 bits per heavy atom. The van der Waals surface area contributed by atoms with Crippen molar-refractivity contribution in [2.75, 3.05) is 19.6 Å². The zero-order chi connectivity index (χ0) is 12.7. The molecule has 2 heteroatoms. The fraction of sp³-hybridized carbons (Fsp3) is 1.00. The highest BCUT2D eigenvalue weighted by Gasteiger charge is 2.31. The molecule has 0 atom stereocenters. The lowest BCUT2D eigenvalue weighted by Gasteiger charge is -2.37. The number of aliphatic hydroxyl groups is 1. The Labute approximate surface area is 107 Å². The molecule has 0 saturated heterocycles. The average Bonchev–Trinajstić information content (AvgIpc) is 2.35. The summed E-state index contributed by atoms with van der Waals surface area (Å²) in [6.45, 7) is 9.88. The SMILES string of the molecule is CCC(CC)CN(CC)CC1(O)CCCCC1. The summed E-state index contributed by atoms with van der Waals surface area (Å²) in [5.74, 6) is 0.794. The van der Waals surface area contributed by atoms with Crippen molar-refractivity contribution in [2.24, 2.45) is 5.92 Å². The lowest BCUT2D eigenvalue weighted by Crippen LogP contribution is -2.45. The van der Waals surface area contributed by atoms with Gasteiger partial charge in [0.15, 0.2) is 0 Å². The minimum absolute atomic E-state index is 0.389. The van der Waals surface area contributed by atoms with E-state index in [1.54, 1.807) is 0 Å². The van der Waals surface area contributed by atoms with Gasteiger partial charge in [-0.3, -0.25) is 0 Å². The van der Waals surface area contributed by atoms with Gasteiger partial charge < -0.3 is 10.0 Å². The largest absolute Gasteiger partial charge is 0.389 e. The molecule has 0 spiro atoms. The third-order valence-corrected chi connectivity index (χ3v) is 4.42. The fourth-order valence-electron chi connectivity index (χ4n) is 3.00. The maximum absolute atomic E-state index is 10.6. The molecule has 0 aromatic rings. The van der Waals surface area contributed by atoms with Crippen molar-refractivity contribution >= 4 is 0 Å². The van der Waals surface area contributed by atoms with E-state index in [0.717, 1.165) is 38.4 Å². The fourth-order valence-corrected chi connectivity index (χ4v) is 3.00. The van der Waals surface area contributed by atoms with E-state index in [1.165, 1.54) is 32.1 Å². The van der Waals surface area contributed by atoms with Crippen LogP contribution < -0.4 is 0 Å². The summed E-state index contributed by atoms with van der Waals surface area (Å²) in [5, 5.41) is 10.6. The minimum Gasteiger partial charge on any atom is -0.389 e. The molecule has 0 amide bonds. The van der Waals surface area contributed by atoms with Gasteiger partial charge in [0.25, 0.3) is 0 Å². The van der Waals surface area contributed by atoms with E-state index in [-0.39, 0.29) is 5.60 Å². The molecule has 1 fully saturated rings. The van der Waals surface area contributed by atoms with Gasteiger partial charge in [-0.25, -0.2) is 0 Å². The number of hydrogen-bond acceptors (Lipinski definition) is 2. The van der Waals surface area contributed by atoms with Gasteiger partial charge >= 0.3 is 0 Å². The number of hydrogen-bond donors (Lipinski definition) is 1. The van der Waals surface area contributed by atoms with Gasteiger partial charge in [0.1, 0.15) is 0 Å². The Morgan fingerprint density at radius 2 is 1.65 bits per heavy atom. The lowest BCUT2D eigenvalue weighted by molar-refractivity contribution is -0.0282. The van der Waals surface area contributed by atoms with Crippen molar-refractivity contribution in [3.63, 3.8) is 0 Å². The van der Waals surface area contributed by atoms with Gasteiger partial charge in [-0.1, -0.05) is 52.9 Å². The summed E-state index contributed by atoms with van der Waals surface area (Å²) in [4.78, 5) is 2.46. The van der Waals surface area contributed by atoms with E-state index >= 15 is 0 Å². The normalized spacial score (nSPS) is 20.1. The third-order valence-electron chi connectivity index (χ3n) is 4.42. The molecule has 0 aromatic carbocycles. The third kappa shape index (κ3) is 4.97. The van der Waals surface area contributed by atoms with Crippen LogP contribution in [0, 0.1) is 5.92 Å². The Kier molecular flexibility index (Phi) is 6.50. The summed E-state index contributed by atoms with van der Waals surface area (Å²) < 4.78 is 0. The molecule has 0 radical (unpaired) electrons. The monoisotopic (exact) mass is 241 g/mol. The van der Waals surface area contributed by atoms with Gasteiger partial charge in [0, 0.05) is 13.1 Å². The molecule has 0 aromatic heterocycles. The Balaban J connectivity index is 2.44. The first-order valence-electron chi connectivity index (χ1n) is 7.58. The van der Waals surface area contributed by atoms with Crippen LogP contribution in [0.4, 0.5) is 0 Å². The number of likely N-dealkylation sites (N-methyl/N-ethyl adjacent to an activating group) is 1. The molecule has 2 nitrogen and oxygen atoms in total. The molecule has 0 bridgehead atoms. The van der Waals surface area contributed by atoms with Crippen molar-refractivity contribution < 1.29 is 5.11 Å². The summed E-state index contributed by atoms with van der Waals surface area (Å²) in [6, 6.07) is 0. The van der Waals surface area contributed by atoms with Gasteiger partial charge in [-0.2, -0.15) is 0 Å². The van der Waals surface area contributed by atoms with E-state index in [1.807, 2.05) is 0 Å². The zero-order valence-corrected chi connectivity index (χ0v) is 12.0. The van der Waals surface area contributed by atoms with E-state index in [2.05, 4.69) is 25.7 Å².